The first-order chi connectivity index (χ1) is 13.2. The average molecular weight is 395 g/mol. The SMILES string of the molecule is CNC[C@H]1CCN(C(=O)Cc2c(C)nn(-c3ccc(C(F)(F)F)cn3)c2C)C1. The van der Waals surface area contributed by atoms with E-state index in [9.17, 15) is 18.0 Å². The number of aromatic nitrogens is 3. The first-order valence-electron chi connectivity index (χ1n) is 9.21. The molecule has 2 aromatic rings. The lowest BCUT2D eigenvalue weighted by Crippen LogP contribution is -2.31. The van der Waals surface area contributed by atoms with Gasteiger partial charge in [-0.25, -0.2) is 9.67 Å². The summed E-state index contributed by atoms with van der Waals surface area (Å²) in [5, 5.41) is 7.53. The van der Waals surface area contributed by atoms with Crippen molar-refractivity contribution in [2.24, 2.45) is 5.92 Å². The van der Waals surface area contributed by atoms with E-state index in [1.165, 1.54) is 10.7 Å². The minimum Gasteiger partial charge on any atom is -0.342 e. The molecule has 0 spiro atoms. The lowest BCUT2D eigenvalue weighted by Gasteiger charge is -2.16. The standard InChI is InChI=1S/C19H24F3N5O/c1-12-16(8-18(28)26-7-6-14(11-26)9-23-3)13(2)27(25-12)17-5-4-15(10-24-17)19(20,21)22/h4-5,10,14,23H,6-9,11H2,1-3H3/t14-/m1/s1. The summed E-state index contributed by atoms with van der Waals surface area (Å²) in [4.78, 5) is 18.5. The third kappa shape index (κ3) is 4.19. The minimum atomic E-state index is -4.43. The Morgan fingerprint density at radius 1 is 1.32 bits per heavy atom. The van der Waals surface area contributed by atoms with Crippen molar-refractivity contribution in [1.29, 1.82) is 0 Å². The number of aryl methyl sites for hydroxylation is 1. The highest BCUT2D eigenvalue weighted by molar-refractivity contribution is 5.79. The summed E-state index contributed by atoms with van der Waals surface area (Å²) in [6.45, 7) is 5.98. The number of halogens is 3. The number of likely N-dealkylation sites (tertiary alicyclic amines) is 1. The van der Waals surface area contributed by atoms with Crippen molar-refractivity contribution >= 4 is 5.91 Å². The topological polar surface area (TPSA) is 63.1 Å². The highest BCUT2D eigenvalue weighted by atomic mass is 19.4. The number of carbonyl (C=O) groups is 1. The Balaban J connectivity index is 1.76. The van der Waals surface area contributed by atoms with Crippen LogP contribution in [-0.2, 0) is 17.4 Å². The third-order valence-electron chi connectivity index (χ3n) is 5.19. The summed E-state index contributed by atoms with van der Waals surface area (Å²) >= 11 is 0. The number of amides is 1. The second-order valence-electron chi connectivity index (χ2n) is 7.19. The molecule has 0 radical (unpaired) electrons. The number of pyridine rings is 1. The van der Waals surface area contributed by atoms with Crippen molar-refractivity contribution in [2.75, 3.05) is 26.7 Å². The van der Waals surface area contributed by atoms with E-state index in [1.54, 1.807) is 13.8 Å². The Morgan fingerprint density at radius 2 is 2.07 bits per heavy atom. The van der Waals surface area contributed by atoms with Gasteiger partial charge >= 0.3 is 6.18 Å². The van der Waals surface area contributed by atoms with Gasteiger partial charge in [0.2, 0.25) is 5.91 Å². The fraction of sp³-hybridized carbons (Fsp3) is 0.526. The molecule has 1 N–H and O–H groups in total. The van der Waals surface area contributed by atoms with E-state index in [0.717, 1.165) is 43.9 Å². The first-order valence-corrected chi connectivity index (χ1v) is 9.21. The molecular formula is C19H24F3N5O. The van der Waals surface area contributed by atoms with Crippen LogP contribution in [0.2, 0.25) is 0 Å². The Morgan fingerprint density at radius 3 is 2.68 bits per heavy atom. The van der Waals surface area contributed by atoms with Gasteiger partial charge in [-0.3, -0.25) is 4.79 Å². The molecule has 1 atom stereocenters. The summed E-state index contributed by atoms with van der Waals surface area (Å²) in [7, 11) is 1.90. The Kier molecular flexibility index (Phi) is 5.74. The maximum Gasteiger partial charge on any atom is 0.417 e. The van der Waals surface area contributed by atoms with Crippen molar-refractivity contribution in [3.8, 4) is 5.82 Å². The van der Waals surface area contributed by atoms with E-state index in [2.05, 4.69) is 15.4 Å². The molecule has 152 valence electrons. The van der Waals surface area contributed by atoms with Crippen LogP contribution in [0.25, 0.3) is 5.82 Å². The summed E-state index contributed by atoms with van der Waals surface area (Å²) in [6, 6.07) is 2.27. The van der Waals surface area contributed by atoms with Gasteiger partial charge in [-0.05, 0) is 51.9 Å². The third-order valence-corrected chi connectivity index (χ3v) is 5.19. The fourth-order valence-electron chi connectivity index (χ4n) is 3.61. The molecule has 0 saturated carbocycles. The van der Waals surface area contributed by atoms with Crippen molar-refractivity contribution in [3.63, 3.8) is 0 Å². The zero-order valence-corrected chi connectivity index (χ0v) is 16.2. The molecule has 1 fully saturated rings. The largest absolute Gasteiger partial charge is 0.417 e. The van der Waals surface area contributed by atoms with Crippen molar-refractivity contribution < 1.29 is 18.0 Å². The zero-order valence-electron chi connectivity index (χ0n) is 16.2. The Labute approximate surface area is 161 Å². The van der Waals surface area contributed by atoms with E-state index < -0.39 is 11.7 Å². The van der Waals surface area contributed by atoms with Crippen LogP contribution in [0.4, 0.5) is 13.2 Å². The van der Waals surface area contributed by atoms with Crippen LogP contribution in [-0.4, -0.2) is 52.3 Å². The maximum absolute atomic E-state index is 12.7. The quantitative estimate of drug-likeness (QED) is 0.845. The van der Waals surface area contributed by atoms with Crippen LogP contribution in [0, 0.1) is 19.8 Å². The lowest BCUT2D eigenvalue weighted by atomic mass is 10.1. The number of carbonyl (C=O) groups excluding carboxylic acids is 1. The predicted octanol–water partition coefficient (Wildman–Crippen LogP) is 2.51. The van der Waals surface area contributed by atoms with Crippen LogP contribution in [0.15, 0.2) is 18.3 Å². The predicted molar refractivity (Wildman–Crippen MR) is 98.2 cm³/mol. The summed E-state index contributed by atoms with van der Waals surface area (Å²) in [5.74, 6) is 0.808. The van der Waals surface area contributed by atoms with Crippen molar-refractivity contribution in [1.82, 2.24) is 25.0 Å². The van der Waals surface area contributed by atoms with Gasteiger partial charge in [0.15, 0.2) is 5.82 Å². The van der Waals surface area contributed by atoms with Crippen LogP contribution in [0.5, 0.6) is 0 Å². The molecule has 1 saturated heterocycles. The minimum absolute atomic E-state index is 0.0460. The molecule has 3 rings (SSSR count). The van der Waals surface area contributed by atoms with E-state index >= 15 is 0 Å². The molecule has 1 aliphatic heterocycles. The van der Waals surface area contributed by atoms with Gasteiger partial charge in [-0.1, -0.05) is 0 Å². The molecule has 1 aliphatic rings. The second-order valence-corrected chi connectivity index (χ2v) is 7.19. The van der Waals surface area contributed by atoms with E-state index in [4.69, 9.17) is 0 Å². The Hall–Kier alpha value is -2.42. The molecule has 6 nitrogen and oxygen atoms in total. The first kappa shape index (κ1) is 20.3. The molecule has 0 unspecified atom stereocenters. The highest BCUT2D eigenvalue weighted by Crippen LogP contribution is 2.29. The van der Waals surface area contributed by atoms with Crippen LogP contribution in [0.1, 0.15) is 28.9 Å². The van der Waals surface area contributed by atoms with Gasteiger partial charge in [-0.15, -0.1) is 0 Å². The van der Waals surface area contributed by atoms with Crippen molar-refractivity contribution in [3.05, 3.63) is 40.8 Å². The smallest absolute Gasteiger partial charge is 0.342 e. The van der Waals surface area contributed by atoms with Gasteiger partial charge in [0.05, 0.1) is 17.7 Å². The van der Waals surface area contributed by atoms with Gasteiger partial charge < -0.3 is 10.2 Å². The molecule has 0 bridgehead atoms. The number of hydrogen-bond donors (Lipinski definition) is 1. The monoisotopic (exact) mass is 395 g/mol. The zero-order chi connectivity index (χ0) is 20.5. The summed E-state index contributed by atoms with van der Waals surface area (Å²) in [6.07, 6.45) is -2.42. The van der Waals surface area contributed by atoms with Crippen LogP contribution < -0.4 is 5.32 Å². The highest BCUT2D eigenvalue weighted by Gasteiger charge is 2.31. The molecule has 3 heterocycles. The molecule has 1 amide bonds. The fourth-order valence-corrected chi connectivity index (χ4v) is 3.61. The molecule has 28 heavy (non-hydrogen) atoms. The maximum atomic E-state index is 12.7. The second kappa shape index (κ2) is 7.90. The number of nitrogens with zero attached hydrogens (tertiary/aromatic N) is 4. The van der Waals surface area contributed by atoms with Crippen LogP contribution >= 0.6 is 0 Å². The summed E-state index contributed by atoms with van der Waals surface area (Å²) < 4.78 is 39.7. The normalized spacial score (nSPS) is 17.4. The molecular weight excluding hydrogens is 371 g/mol. The van der Waals surface area contributed by atoms with E-state index in [0.29, 0.717) is 23.1 Å². The van der Waals surface area contributed by atoms with E-state index in [1.807, 2.05) is 11.9 Å². The lowest BCUT2D eigenvalue weighted by molar-refractivity contribution is -0.137. The number of alkyl halides is 3. The Bertz CT molecular complexity index is 844. The van der Waals surface area contributed by atoms with Gasteiger partial charge in [-0.2, -0.15) is 18.3 Å². The molecule has 0 aliphatic carbocycles. The van der Waals surface area contributed by atoms with Crippen LogP contribution in [0.3, 0.4) is 0 Å². The van der Waals surface area contributed by atoms with Gasteiger partial charge in [0, 0.05) is 30.5 Å². The average Bonchev–Trinajstić information content (AvgIpc) is 3.21. The summed E-state index contributed by atoms with van der Waals surface area (Å²) in [5.41, 5.74) is 1.38. The van der Waals surface area contributed by atoms with E-state index in [-0.39, 0.29) is 12.3 Å². The number of rotatable bonds is 5. The molecule has 0 aromatic carbocycles. The van der Waals surface area contributed by atoms with Crippen molar-refractivity contribution in [2.45, 2.75) is 32.9 Å². The number of hydrogen-bond acceptors (Lipinski definition) is 4. The molecule has 9 heteroatoms. The number of nitrogens with one attached hydrogen (secondary N) is 1. The van der Waals surface area contributed by atoms with Gasteiger partial charge in [0.1, 0.15) is 0 Å². The van der Waals surface area contributed by atoms with Gasteiger partial charge in [0.25, 0.3) is 0 Å². The molecule has 2 aromatic heterocycles.